The van der Waals surface area contributed by atoms with Crippen molar-refractivity contribution >= 4 is 45.5 Å². The fourth-order valence-electron chi connectivity index (χ4n) is 2.27. The molecule has 2 aromatic rings. The normalized spacial score (nSPS) is 11.5. The summed E-state index contributed by atoms with van der Waals surface area (Å²) in [6.07, 6.45) is 0.426. The van der Waals surface area contributed by atoms with Gasteiger partial charge in [-0.15, -0.1) is 24.0 Å². The number of aliphatic imine (C=N–C) groups is 1. The monoisotopic (exact) mass is 489 g/mol. The van der Waals surface area contributed by atoms with Crippen molar-refractivity contribution in [3.05, 3.63) is 60.2 Å². The SMILES string of the molecule is COc1cccc(NC(N)=NCCCS(=O)(=O)Cc2ccccc2)c1.I. The average molecular weight is 489 g/mol. The number of hydrogen-bond acceptors (Lipinski definition) is 4. The molecule has 0 aliphatic heterocycles. The minimum absolute atomic E-state index is 0. The van der Waals surface area contributed by atoms with E-state index < -0.39 is 9.84 Å². The van der Waals surface area contributed by atoms with Crippen molar-refractivity contribution < 1.29 is 13.2 Å². The number of guanidine groups is 1. The first kappa shape index (κ1) is 22.2. The molecule has 0 heterocycles. The molecule has 26 heavy (non-hydrogen) atoms. The van der Waals surface area contributed by atoms with Gasteiger partial charge in [0.1, 0.15) is 5.75 Å². The van der Waals surface area contributed by atoms with Gasteiger partial charge in [-0.2, -0.15) is 0 Å². The highest BCUT2D eigenvalue weighted by Gasteiger charge is 2.11. The summed E-state index contributed by atoms with van der Waals surface area (Å²) in [7, 11) is -1.56. The molecule has 0 amide bonds. The molecule has 0 aromatic heterocycles. The first-order chi connectivity index (χ1) is 12.0. The Labute approximate surface area is 171 Å². The van der Waals surface area contributed by atoms with Gasteiger partial charge >= 0.3 is 0 Å². The van der Waals surface area contributed by atoms with Gasteiger partial charge in [0.05, 0.1) is 18.6 Å². The molecule has 0 atom stereocenters. The third-order valence-electron chi connectivity index (χ3n) is 3.47. The maximum atomic E-state index is 12.1. The summed E-state index contributed by atoms with van der Waals surface area (Å²) < 4.78 is 29.3. The number of sulfone groups is 1. The zero-order valence-electron chi connectivity index (χ0n) is 14.6. The van der Waals surface area contributed by atoms with Gasteiger partial charge in [0.25, 0.3) is 0 Å². The molecule has 0 saturated heterocycles. The topological polar surface area (TPSA) is 93.8 Å². The lowest BCUT2D eigenvalue weighted by Gasteiger charge is -2.07. The number of halogens is 1. The molecule has 0 fully saturated rings. The van der Waals surface area contributed by atoms with Crippen molar-refractivity contribution in [2.75, 3.05) is 24.7 Å². The summed E-state index contributed by atoms with van der Waals surface area (Å²) in [6, 6.07) is 16.5. The predicted molar refractivity (Wildman–Crippen MR) is 117 cm³/mol. The minimum atomic E-state index is -3.15. The first-order valence-electron chi connectivity index (χ1n) is 7.94. The van der Waals surface area contributed by atoms with E-state index in [-0.39, 0.29) is 41.4 Å². The lowest BCUT2D eigenvalue weighted by molar-refractivity contribution is 0.415. The predicted octanol–water partition coefficient (Wildman–Crippen LogP) is 3.04. The van der Waals surface area contributed by atoms with Crippen molar-refractivity contribution in [1.29, 1.82) is 0 Å². The van der Waals surface area contributed by atoms with E-state index >= 15 is 0 Å². The number of rotatable bonds is 8. The van der Waals surface area contributed by atoms with E-state index in [1.807, 2.05) is 48.5 Å². The van der Waals surface area contributed by atoms with E-state index in [4.69, 9.17) is 10.5 Å². The number of nitrogens with zero attached hydrogens (tertiary/aromatic N) is 1. The van der Waals surface area contributed by atoms with Crippen LogP contribution in [-0.4, -0.2) is 33.8 Å². The molecule has 0 aliphatic rings. The Hall–Kier alpha value is -1.81. The highest BCUT2D eigenvalue weighted by Crippen LogP contribution is 2.16. The van der Waals surface area contributed by atoms with Crippen LogP contribution in [0.15, 0.2) is 59.6 Å². The molecule has 0 saturated carbocycles. The van der Waals surface area contributed by atoms with Crippen molar-refractivity contribution in [3.8, 4) is 5.75 Å². The van der Waals surface area contributed by atoms with Crippen molar-refractivity contribution in [2.24, 2.45) is 10.7 Å². The average Bonchev–Trinajstić information content (AvgIpc) is 2.59. The van der Waals surface area contributed by atoms with Gasteiger partial charge in [-0.05, 0) is 24.1 Å². The second-order valence-corrected chi connectivity index (χ2v) is 7.74. The number of ether oxygens (including phenoxy) is 1. The lowest BCUT2D eigenvalue weighted by Crippen LogP contribution is -2.23. The van der Waals surface area contributed by atoms with Crippen molar-refractivity contribution in [3.63, 3.8) is 0 Å². The fraction of sp³-hybridized carbons (Fsp3) is 0.278. The van der Waals surface area contributed by atoms with E-state index in [9.17, 15) is 8.42 Å². The lowest BCUT2D eigenvalue weighted by atomic mass is 10.2. The van der Waals surface area contributed by atoms with Gasteiger partial charge < -0.3 is 15.8 Å². The molecule has 0 spiro atoms. The Bertz CT molecular complexity index is 811. The molecule has 2 aromatic carbocycles. The van der Waals surface area contributed by atoms with Crippen LogP contribution in [0.1, 0.15) is 12.0 Å². The van der Waals surface area contributed by atoms with E-state index in [1.54, 1.807) is 13.2 Å². The summed E-state index contributed by atoms with van der Waals surface area (Å²) in [5, 5.41) is 2.95. The molecular formula is C18H24IN3O3S. The zero-order chi connectivity index (χ0) is 18.1. The summed E-state index contributed by atoms with van der Waals surface area (Å²) in [4.78, 5) is 4.16. The molecule has 2 rings (SSSR count). The highest BCUT2D eigenvalue weighted by molar-refractivity contribution is 14.0. The number of hydrogen-bond donors (Lipinski definition) is 2. The molecule has 0 bridgehead atoms. The standard InChI is InChI=1S/C18H23N3O3S.HI/c1-24-17-10-5-9-16(13-17)21-18(19)20-11-6-12-25(22,23)14-15-7-3-2-4-8-15;/h2-5,7-10,13H,6,11-12,14H2,1H3,(H3,19,20,21);1H. The minimum Gasteiger partial charge on any atom is -0.497 e. The Kier molecular flexibility index (Phi) is 9.42. The summed E-state index contributed by atoms with van der Waals surface area (Å²) in [5.74, 6) is 1.09. The Morgan fingerprint density at radius 3 is 2.58 bits per heavy atom. The van der Waals surface area contributed by atoms with Gasteiger partial charge in [0, 0.05) is 18.3 Å². The van der Waals surface area contributed by atoms with Gasteiger partial charge in [-0.3, -0.25) is 4.99 Å². The molecule has 3 N–H and O–H groups in total. The fourth-order valence-corrected chi connectivity index (χ4v) is 3.69. The van der Waals surface area contributed by atoms with Gasteiger partial charge in [-0.25, -0.2) is 8.42 Å². The number of nitrogens with one attached hydrogen (secondary N) is 1. The first-order valence-corrected chi connectivity index (χ1v) is 9.76. The van der Waals surface area contributed by atoms with Crippen LogP contribution in [0.3, 0.4) is 0 Å². The number of benzene rings is 2. The number of nitrogens with two attached hydrogens (primary N) is 1. The van der Waals surface area contributed by atoms with Crippen LogP contribution in [0.5, 0.6) is 5.75 Å². The highest BCUT2D eigenvalue weighted by atomic mass is 127. The third-order valence-corrected chi connectivity index (χ3v) is 5.15. The van der Waals surface area contributed by atoms with Crippen LogP contribution in [0.2, 0.25) is 0 Å². The number of methoxy groups -OCH3 is 1. The molecule has 6 nitrogen and oxygen atoms in total. The smallest absolute Gasteiger partial charge is 0.193 e. The van der Waals surface area contributed by atoms with Crippen LogP contribution in [0.25, 0.3) is 0 Å². The molecule has 8 heteroatoms. The molecule has 0 unspecified atom stereocenters. The van der Waals surface area contributed by atoms with E-state index in [2.05, 4.69) is 10.3 Å². The second-order valence-electron chi connectivity index (χ2n) is 5.56. The van der Waals surface area contributed by atoms with Crippen LogP contribution in [-0.2, 0) is 15.6 Å². The van der Waals surface area contributed by atoms with E-state index in [0.29, 0.717) is 18.7 Å². The number of anilines is 1. The van der Waals surface area contributed by atoms with E-state index in [1.165, 1.54) is 0 Å². The van der Waals surface area contributed by atoms with Crippen molar-refractivity contribution in [2.45, 2.75) is 12.2 Å². The largest absolute Gasteiger partial charge is 0.497 e. The Morgan fingerprint density at radius 2 is 1.88 bits per heavy atom. The zero-order valence-corrected chi connectivity index (χ0v) is 17.7. The van der Waals surface area contributed by atoms with Crippen LogP contribution >= 0.6 is 24.0 Å². The van der Waals surface area contributed by atoms with Gasteiger partial charge in [0.2, 0.25) is 0 Å². The van der Waals surface area contributed by atoms with Crippen molar-refractivity contribution in [1.82, 2.24) is 0 Å². The molecule has 0 radical (unpaired) electrons. The van der Waals surface area contributed by atoms with Gasteiger partial charge in [-0.1, -0.05) is 36.4 Å². The third kappa shape index (κ3) is 8.05. The summed E-state index contributed by atoms with van der Waals surface area (Å²) in [6.45, 7) is 0.344. The maximum Gasteiger partial charge on any atom is 0.193 e. The summed E-state index contributed by atoms with van der Waals surface area (Å²) >= 11 is 0. The summed E-state index contributed by atoms with van der Waals surface area (Å²) in [5.41, 5.74) is 7.38. The maximum absolute atomic E-state index is 12.1. The molecule has 142 valence electrons. The second kappa shape index (κ2) is 11.0. The van der Waals surface area contributed by atoms with Gasteiger partial charge in [0.15, 0.2) is 15.8 Å². The van der Waals surface area contributed by atoms with Crippen LogP contribution in [0, 0.1) is 0 Å². The quantitative estimate of drug-likeness (QED) is 0.257. The van der Waals surface area contributed by atoms with E-state index in [0.717, 1.165) is 11.3 Å². The molecule has 0 aliphatic carbocycles. The Morgan fingerprint density at radius 1 is 1.15 bits per heavy atom. The van der Waals surface area contributed by atoms with Crippen LogP contribution in [0.4, 0.5) is 5.69 Å². The van der Waals surface area contributed by atoms with Crippen LogP contribution < -0.4 is 15.8 Å². The Balaban J connectivity index is 0.00000338. The molecular weight excluding hydrogens is 465 g/mol.